The predicted octanol–water partition coefficient (Wildman–Crippen LogP) is 3.51. The van der Waals surface area contributed by atoms with Gasteiger partial charge in [-0.2, -0.15) is 0 Å². The van der Waals surface area contributed by atoms with Crippen LogP contribution in [0.25, 0.3) is 0 Å². The molecule has 3 aliphatic carbocycles. The molecule has 0 radical (unpaired) electrons. The molecule has 0 aromatic rings. The van der Waals surface area contributed by atoms with Gasteiger partial charge in [-0.3, -0.25) is 4.79 Å². The van der Waals surface area contributed by atoms with E-state index in [9.17, 15) is 4.79 Å². The molecule has 1 nitrogen and oxygen atoms in total. The number of ketones is 1. The molecular weight excluding hydrogens is 184 g/mol. The summed E-state index contributed by atoms with van der Waals surface area (Å²) in [7, 11) is 0. The van der Waals surface area contributed by atoms with Crippen LogP contribution in [0.2, 0.25) is 0 Å². The molecule has 3 rings (SSSR count). The van der Waals surface area contributed by atoms with Gasteiger partial charge in [0.1, 0.15) is 0 Å². The van der Waals surface area contributed by atoms with Crippen molar-refractivity contribution in [2.45, 2.75) is 40.0 Å². The van der Waals surface area contributed by atoms with Crippen molar-refractivity contribution in [1.82, 2.24) is 0 Å². The quantitative estimate of drug-likeness (QED) is 0.508. The van der Waals surface area contributed by atoms with Crippen LogP contribution in [0.15, 0.2) is 23.8 Å². The average molecular weight is 204 g/mol. The van der Waals surface area contributed by atoms with Gasteiger partial charge >= 0.3 is 0 Å². The summed E-state index contributed by atoms with van der Waals surface area (Å²) in [4.78, 5) is 10.8. The van der Waals surface area contributed by atoms with Crippen LogP contribution < -0.4 is 0 Å². The highest BCUT2D eigenvalue weighted by Crippen LogP contribution is 2.61. The van der Waals surface area contributed by atoms with Gasteiger partial charge in [0.05, 0.1) is 0 Å². The minimum Gasteiger partial charge on any atom is -0.295 e. The van der Waals surface area contributed by atoms with Gasteiger partial charge in [-0.1, -0.05) is 24.6 Å². The molecule has 3 atom stereocenters. The van der Waals surface area contributed by atoms with E-state index >= 15 is 0 Å². The van der Waals surface area contributed by atoms with E-state index in [1.54, 1.807) is 18.6 Å². The zero-order valence-electron chi connectivity index (χ0n) is 9.92. The summed E-state index contributed by atoms with van der Waals surface area (Å²) in [6.07, 6.45) is 9.86. The lowest BCUT2D eigenvalue weighted by Crippen LogP contribution is -2.49. The number of hydrogen-bond acceptors (Lipinski definition) is 1. The fourth-order valence-corrected chi connectivity index (χ4v) is 3.28. The van der Waals surface area contributed by atoms with E-state index < -0.39 is 0 Å². The first-order valence-corrected chi connectivity index (χ1v) is 5.88. The number of rotatable bonds is 3. The molecule has 3 aliphatic rings. The molecule has 1 heteroatoms. The number of carbonyl (C=O) groups excluding carboxylic acids is 1. The van der Waals surface area contributed by atoms with Crippen LogP contribution >= 0.6 is 0 Å². The zero-order valence-corrected chi connectivity index (χ0v) is 9.92. The van der Waals surface area contributed by atoms with Crippen molar-refractivity contribution in [3.8, 4) is 0 Å². The smallest absolute Gasteiger partial charge is 0.152 e. The molecule has 0 heterocycles. The highest BCUT2D eigenvalue weighted by Gasteiger charge is 2.52. The Labute approximate surface area is 92.3 Å². The van der Waals surface area contributed by atoms with E-state index in [1.165, 1.54) is 12.8 Å². The van der Waals surface area contributed by atoms with Gasteiger partial charge in [-0.15, -0.1) is 0 Å². The van der Waals surface area contributed by atoms with Gasteiger partial charge in [-0.25, -0.2) is 0 Å². The molecule has 0 spiro atoms. The normalized spacial score (nSPS) is 38.7. The Morgan fingerprint density at radius 1 is 1.67 bits per heavy atom. The van der Waals surface area contributed by atoms with Gasteiger partial charge in [-0.05, 0) is 56.4 Å². The Bertz CT molecular complexity index is 337. The monoisotopic (exact) mass is 204 g/mol. The van der Waals surface area contributed by atoms with Crippen molar-refractivity contribution in [2.75, 3.05) is 0 Å². The van der Waals surface area contributed by atoms with Crippen LogP contribution in [0, 0.1) is 17.3 Å². The predicted molar refractivity (Wildman–Crippen MR) is 62.5 cm³/mol. The first kappa shape index (κ1) is 10.7. The lowest BCUT2D eigenvalue weighted by molar-refractivity contribution is -0.112. The van der Waals surface area contributed by atoms with Gasteiger partial charge in [0, 0.05) is 0 Å². The summed E-state index contributed by atoms with van der Waals surface area (Å²) < 4.78 is 0. The molecule has 0 amide bonds. The molecule has 0 aromatic carbocycles. The number of hydrogen-bond donors (Lipinski definition) is 0. The Balaban J connectivity index is 2.04. The third kappa shape index (κ3) is 1.68. The molecule has 0 saturated heterocycles. The van der Waals surface area contributed by atoms with E-state index in [-0.39, 0.29) is 5.78 Å². The second-order valence-electron chi connectivity index (χ2n) is 5.39. The van der Waals surface area contributed by atoms with Gasteiger partial charge < -0.3 is 0 Å². The lowest BCUT2D eigenvalue weighted by atomic mass is 9.47. The average Bonchev–Trinajstić information content (AvgIpc) is 2.16. The molecular formula is C14H20O. The lowest BCUT2D eigenvalue weighted by Gasteiger charge is -2.57. The molecule has 0 aliphatic heterocycles. The Hall–Kier alpha value is -0.850. The van der Waals surface area contributed by atoms with Crippen LogP contribution in [0.3, 0.4) is 0 Å². The Kier molecular flexibility index (Phi) is 2.57. The van der Waals surface area contributed by atoms with Gasteiger partial charge in [0.15, 0.2) is 5.78 Å². The summed E-state index contributed by atoms with van der Waals surface area (Å²) in [6, 6.07) is 0. The van der Waals surface area contributed by atoms with Crippen molar-refractivity contribution in [1.29, 1.82) is 0 Å². The van der Waals surface area contributed by atoms with E-state index in [0.717, 1.165) is 18.3 Å². The molecule has 0 aromatic heterocycles. The van der Waals surface area contributed by atoms with E-state index in [0.29, 0.717) is 5.41 Å². The topological polar surface area (TPSA) is 17.1 Å². The third-order valence-corrected chi connectivity index (χ3v) is 4.43. The van der Waals surface area contributed by atoms with Crippen molar-refractivity contribution < 1.29 is 4.79 Å². The second kappa shape index (κ2) is 3.62. The van der Waals surface area contributed by atoms with E-state index in [4.69, 9.17) is 0 Å². The van der Waals surface area contributed by atoms with Crippen LogP contribution in [0.1, 0.15) is 40.0 Å². The highest BCUT2D eigenvalue weighted by molar-refractivity contribution is 5.87. The number of fused-ring (bicyclic) bond motifs is 1. The van der Waals surface area contributed by atoms with E-state index in [1.807, 2.05) is 0 Å². The summed E-state index contributed by atoms with van der Waals surface area (Å²) >= 11 is 0. The fraction of sp³-hybridized carbons (Fsp3) is 0.643. The highest BCUT2D eigenvalue weighted by atomic mass is 16.1. The maximum Gasteiger partial charge on any atom is 0.152 e. The summed E-state index contributed by atoms with van der Waals surface area (Å²) in [5.41, 5.74) is 2.00. The van der Waals surface area contributed by atoms with Crippen LogP contribution in [0.4, 0.5) is 0 Å². The maximum atomic E-state index is 10.8. The van der Waals surface area contributed by atoms with Crippen LogP contribution in [-0.4, -0.2) is 5.78 Å². The molecule has 82 valence electrons. The van der Waals surface area contributed by atoms with Crippen LogP contribution in [0.5, 0.6) is 0 Å². The Morgan fingerprint density at radius 2 is 2.40 bits per heavy atom. The molecule has 1 fully saturated rings. The summed E-state index contributed by atoms with van der Waals surface area (Å²) in [5.74, 6) is 1.78. The zero-order chi connectivity index (χ0) is 11.1. The fourth-order valence-electron chi connectivity index (χ4n) is 3.28. The minimum absolute atomic E-state index is 0.162. The largest absolute Gasteiger partial charge is 0.295 e. The second-order valence-corrected chi connectivity index (χ2v) is 5.39. The maximum absolute atomic E-state index is 10.8. The standard InChI is InChI=1S/C14H20O/c1-10-6-7-12-9-13(10)14(12,3)8-4-5-11(2)15/h4-6,12-13H,7-9H2,1-3H3/b5-4+/t12-,13-,14+/m0/s1. The molecule has 1 saturated carbocycles. The minimum atomic E-state index is 0.162. The first-order valence-electron chi connectivity index (χ1n) is 5.88. The Morgan fingerprint density at radius 3 is 2.93 bits per heavy atom. The number of allylic oxidation sites excluding steroid dienone is 4. The SMILES string of the molecule is CC(=O)/C=C/C[C@]1(C)[C@H]2CC=C(C)[C@@H]1C2. The summed E-state index contributed by atoms with van der Waals surface area (Å²) in [5, 5.41) is 0. The van der Waals surface area contributed by atoms with Gasteiger partial charge in [0.25, 0.3) is 0 Å². The number of carbonyl (C=O) groups is 1. The van der Waals surface area contributed by atoms with Crippen LogP contribution in [-0.2, 0) is 4.79 Å². The molecule has 15 heavy (non-hydrogen) atoms. The summed E-state index contributed by atoms with van der Waals surface area (Å²) in [6.45, 7) is 6.26. The van der Waals surface area contributed by atoms with Crippen molar-refractivity contribution in [2.24, 2.45) is 17.3 Å². The molecule has 0 unspecified atom stereocenters. The van der Waals surface area contributed by atoms with Gasteiger partial charge in [0.2, 0.25) is 0 Å². The first-order chi connectivity index (χ1) is 7.04. The van der Waals surface area contributed by atoms with Crippen molar-refractivity contribution in [3.63, 3.8) is 0 Å². The molecule has 2 bridgehead atoms. The van der Waals surface area contributed by atoms with E-state index in [2.05, 4.69) is 26.0 Å². The van der Waals surface area contributed by atoms with Crippen molar-refractivity contribution in [3.05, 3.63) is 23.8 Å². The molecule has 0 N–H and O–H groups in total. The van der Waals surface area contributed by atoms with Crippen molar-refractivity contribution >= 4 is 5.78 Å². The third-order valence-electron chi connectivity index (χ3n) is 4.43.